The van der Waals surface area contributed by atoms with Gasteiger partial charge in [0.25, 0.3) is 16.6 Å². The Bertz CT molecular complexity index is 254. The lowest BCUT2D eigenvalue weighted by Crippen LogP contribution is -2.03. The van der Waals surface area contributed by atoms with Gasteiger partial charge in [-0.3, -0.25) is 8.98 Å². The Morgan fingerprint density at radius 3 is 2.54 bits per heavy atom. The second kappa shape index (κ2) is 6.62. The molecular weight excluding hydrogens is 196 g/mol. The Labute approximate surface area is 77.5 Å². The molecule has 0 atom stereocenters. The third-order valence-corrected chi connectivity index (χ3v) is 1.60. The fraction of sp³-hybridized carbons (Fsp3) is 0.571. The van der Waals surface area contributed by atoms with Crippen LogP contribution in [0.2, 0.25) is 0 Å². The van der Waals surface area contributed by atoms with Crippen molar-refractivity contribution >= 4 is 16.6 Å². The third kappa shape index (κ3) is 11.1. The maximum absolute atomic E-state index is 10.4. The van der Waals surface area contributed by atoms with E-state index in [0.717, 1.165) is 6.26 Å². The summed E-state index contributed by atoms with van der Waals surface area (Å²) in [7, 11) is -3.34. The predicted octanol–water partition coefficient (Wildman–Crippen LogP) is 0.0819. The van der Waals surface area contributed by atoms with E-state index in [0.29, 0.717) is 12.9 Å². The van der Waals surface area contributed by atoms with Crippen LogP contribution in [0.4, 0.5) is 0 Å². The first kappa shape index (κ1) is 12.1. The van der Waals surface area contributed by atoms with Crippen LogP contribution >= 0.6 is 0 Å². The van der Waals surface area contributed by atoms with Gasteiger partial charge < -0.3 is 4.74 Å². The van der Waals surface area contributed by atoms with Crippen LogP contribution in [-0.4, -0.2) is 34.4 Å². The molecule has 0 saturated heterocycles. The van der Waals surface area contributed by atoms with E-state index in [1.807, 2.05) is 0 Å². The average molecular weight is 208 g/mol. The number of carbonyl (C=O) groups is 1. The van der Waals surface area contributed by atoms with E-state index in [1.54, 1.807) is 12.2 Å². The minimum absolute atomic E-state index is 0.108. The fourth-order valence-electron chi connectivity index (χ4n) is 0.548. The normalized spacial score (nSPS) is 11.8. The standard InChI is InChI=1S/C7H12O5S/c1-13(9,10)12-6-4-2-3-5-11-7-8/h2-3,7H,4-6H2,1H3. The number of hydrogen-bond donors (Lipinski definition) is 0. The summed E-state index contributed by atoms with van der Waals surface area (Å²) in [5.41, 5.74) is 0. The molecule has 0 unspecified atom stereocenters. The van der Waals surface area contributed by atoms with Crippen molar-refractivity contribution in [3.05, 3.63) is 12.2 Å². The molecule has 0 fully saturated rings. The summed E-state index contributed by atoms with van der Waals surface area (Å²) >= 11 is 0. The molecule has 0 aliphatic heterocycles. The Balaban J connectivity index is 3.35. The van der Waals surface area contributed by atoms with Gasteiger partial charge in [0.2, 0.25) is 0 Å². The fourth-order valence-corrected chi connectivity index (χ4v) is 0.947. The number of rotatable bonds is 7. The molecule has 0 spiro atoms. The van der Waals surface area contributed by atoms with Crippen LogP contribution in [0.5, 0.6) is 0 Å². The minimum atomic E-state index is -3.34. The molecule has 5 nitrogen and oxygen atoms in total. The van der Waals surface area contributed by atoms with Crippen LogP contribution in [0.3, 0.4) is 0 Å². The molecule has 0 aromatic heterocycles. The van der Waals surface area contributed by atoms with Crippen LogP contribution in [0.15, 0.2) is 12.2 Å². The molecule has 0 heterocycles. The van der Waals surface area contributed by atoms with Crippen molar-refractivity contribution in [2.45, 2.75) is 6.42 Å². The molecule has 76 valence electrons. The first-order valence-corrected chi connectivity index (χ1v) is 5.42. The van der Waals surface area contributed by atoms with Gasteiger partial charge >= 0.3 is 0 Å². The second-order valence-corrected chi connectivity index (χ2v) is 3.86. The molecule has 0 aromatic carbocycles. The minimum Gasteiger partial charge on any atom is -0.464 e. The first-order chi connectivity index (χ1) is 6.06. The number of hydrogen-bond acceptors (Lipinski definition) is 5. The summed E-state index contributed by atoms with van der Waals surface area (Å²) in [6.45, 7) is 0.649. The monoisotopic (exact) mass is 208 g/mol. The quantitative estimate of drug-likeness (QED) is 0.256. The Hall–Kier alpha value is -0.880. The SMILES string of the molecule is CS(=O)(=O)OCCC=CCOC=O. The predicted molar refractivity (Wildman–Crippen MR) is 46.6 cm³/mol. The summed E-state index contributed by atoms with van der Waals surface area (Å²) < 4.78 is 29.7. The molecule has 6 heteroatoms. The van der Waals surface area contributed by atoms with Crippen molar-refractivity contribution in [2.75, 3.05) is 19.5 Å². The average Bonchev–Trinajstić information content (AvgIpc) is 2.01. The molecule has 0 amide bonds. The molecule has 13 heavy (non-hydrogen) atoms. The van der Waals surface area contributed by atoms with E-state index < -0.39 is 10.1 Å². The molecule has 0 aromatic rings. The highest BCUT2D eigenvalue weighted by molar-refractivity contribution is 7.85. The van der Waals surface area contributed by atoms with E-state index in [9.17, 15) is 13.2 Å². The molecule has 0 saturated carbocycles. The molecule has 0 rings (SSSR count). The van der Waals surface area contributed by atoms with Crippen LogP contribution in [0, 0.1) is 0 Å². The van der Waals surface area contributed by atoms with E-state index in [1.165, 1.54) is 0 Å². The summed E-state index contributed by atoms with van der Waals surface area (Å²) in [4.78, 5) is 9.67. The largest absolute Gasteiger partial charge is 0.464 e. The van der Waals surface area contributed by atoms with Crippen LogP contribution in [0.25, 0.3) is 0 Å². The van der Waals surface area contributed by atoms with Gasteiger partial charge in [0.05, 0.1) is 12.9 Å². The number of ether oxygens (including phenoxy) is 1. The molecule has 0 radical (unpaired) electrons. The smallest absolute Gasteiger partial charge is 0.293 e. The Morgan fingerprint density at radius 2 is 2.00 bits per heavy atom. The zero-order valence-corrected chi connectivity index (χ0v) is 8.12. The van der Waals surface area contributed by atoms with Gasteiger partial charge in [-0.25, -0.2) is 0 Å². The Morgan fingerprint density at radius 1 is 1.31 bits per heavy atom. The number of carbonyl (C=O) groups excluding carboxylic acids is 1. The van der Waals surface area contributed by atoms with Crippen LogP contribution in [-0.2, 0) is 23.8 Å². The lowest BCUT2D eigenvalue weighted by molar-refractivity contribution is -0.127. The summed E-state index contributed by atoms with van der Waals surface area (Å²) in [5.74, 6) is 0. The van der Waals surface area contributed by atoms with Gasteiger partial charge in [0.1, 0.15) is 6.61 Å². The van der Waals surface area contributed by atoms with Crippen molar-refractivity contribution in [1.82, 2.24) is 0 Å². The maximum atomic E-state index is 10.4. The molecule has 0 aliphatic carbocycles. The van der Waals surface area contributed by atoms with Gasteiger partial charge in [-0.15, -0.1) is 0 Å². The lowest BCUT2D eigenvalue weighted by Gasteiger charge is -1.96. The van der Waals surface area contributed by atoms with E-state index >= 15 is 0 Å². The molecule has 0 bridgehead atoms. The zero-order valence-electron chi connectivity index (χ0n) is 7.30. The zero-order chi connectivity index (χ0) is 10.2. The van der Waals surface area contributed by atoms with Gasteiger partial charge in [0.15, 0.2) is 0 Å². The lowest BCUT2D eigenvalue weighted by atomic mass is 10.4. The van der Waals surface area contributed by atoms with Crippen molar-refractivity contribution in [1.29, 1.82) is 0 Å². The Kier molecular flexibility index (Phi) is 6.17. The molecule has 0 N–H and O–H groups in total. The first-order valence-electron chi connectivity index (χ1n) is 3.61. The van der Waals surface area contributed by atoms with Gasteiger partial charge in [-0.05, 0) is 6.42 Å². The highest BCUT2D eigenvalue weighted by Gasteiger charge is 1.98. The van der Waals surface area contributed by atoms with Gasteiger partial charge in [0, 0.05) is 0 Å². The van der Waals surface area contributed by atoms with Crippen molar-refractivity contribution in [2.24, 2.45) is 0 Å². The highest BCUT2D eigenvalue weighted by atomic mass is 32.2. The van der Waals surface area contributed by atoms with E-state index in [2.05, 4.69) is 8.92 Å². The van der Waals surface area contributed by atoms with E-state index in [-0.39, 0.29) is 13.2 Å². The second-order valence-electron chi connectivity index (χ2n) is 2.22. The molecule has 0 aliphatic rings. The summed E-state index contributed by atoms with van der Waals surface area (Å²) in [6, 6.07) is 0. The van der Waals surface area contributed by atoms with Crippen molar-refractivity contribution in [3.8, 4) is 0 Å². The topological polar surface area (TPSA) is 69.7 Å². The van der Waals surface area contributed by atoms with Crippen LogP contribution in [0.1, 0.15) is 6.42 Å². The van der Waals surface area contributed by atoms with Crippen molar-refractivity contribution in [3.63, 3.8) is 0 Å². The molecular formula is C7H12O5S. The van der Waals surface area contributed by atoms with Gasteiger partial charge in [-0.2, -0.15) is 8.42 Å². The third-order valence-electron chi connectivity index (χ3n) is 1.01. The van der Waals surface area contributed by atoms with Gasteiger partial charge in [-0.1, -0.05) is 12.2 Å². The highest BCUT2D eigenvalue weighted by Crippen LogP contribution is 1.90. The summed E-state index contributed by atoms with van der Waals surface area (Å²) in [6.07, 6.45) is 4.75. The van der Waals surface area contributed by atoms with Crippen LogP contribution < -0.4 is 0 Å². The summed E-state index contributed by atoms with van der Waals surface area (Å²) in [5, 5.41) is 0. The maximum Gasteiger partial charge on any atom is 0.293 e. The van der Waals surface area contributed by atoms with Crippen molar-refractivity contribution < 1.29 is 22.1 Å². The van der Waals surface area contributed by atoms with E-state index in [4.69, 9.17) is 0 Å².